The Morgan fingerprint density at radius 1 is 0.649 bits per heavy atom. The van der Waals surface area contributed by atoms with E-state index in [0.717, 1.165) is 6.92 Å². The van der Waals surface area contributed by atoms with Crippen molar-refractivity contribution in [2.45, 2.75) is 99.0 Å². The number of nitrogens with one attached hydrogen (secondary N) is 1. The molecule has 0 aliphatic carbocycles. The SMILES string of the molecule is CC(=O)NC1[C@@H](OC2[C@@H](O)[C@@H](O)O[C@H](CO)[C@@H]2O)O[C@H](CO)[C@@H](O)[C@H]1OC1O[C@H](CO)[C@H](O)[C@H](O)[C@H]1O. The quantitative estimate of drug-likeness (QED) is 0.135. The summed E-state index contributed by atoms with van der Waals surface area (Å²) in [5.74, 6) is -0.694. The second-order valence-corrected chi connectivity index (χ2v) is 9.07. The van der Waals surface area contributed by atoms with Crippen LogP contribution in [0.3, 0.4) is 0 Å². The molecule has 0 aromatic carbocycles. The molecular weight excluding hydrogens is 510 g/mol. The van der Waals surface area contributed by atoms with Gasteiger partial charge in [-0.3, -0.25) is 4.79 Å². The van der Waals surface area contributed by atoms with Gasteiger partial charge in [0.1, 0.15) is 73.2 Å². The van der Waals surface area contributed by atoms with Crippen LogP contribution >= 0.6 is 0 Å². The largest absolute Gasteiger partial charge is 0.394 e. The van der Waals surface area contributed by atoms with E-state index in [-0.39, 0.29) is 0 Å². The Hall–Kier alpha value is -1.13. The predicted molar refractivity (Wildman–Crippen MR) is 113 cm³/mol. The highest BCUT2D eigenvalue weighted by Crippen LogP contribution is 2.32. The number of carbonyl (C=O) groups excluding carboxylic acids is 1. The van der Waals surface area contributed by atoms with Crippen LogP contribution in [0.5, 0.6) is 0 Å². The highest BCUT2D eigenvalue weighted by atomic mass is 16.7. The van der Waals surface area contributed by atoms with Crippen LogP contribution in [0.15, 0.2) is 0 Å². The van der Waals surface area contributed by atoms with Crippen molar-refractivity contribution in [1.29, 1.82) is 0 Å². The first-order chi connectivity index (χ1) is 17.4. The van der Waals surface area contributed by atoms with E-state index in [4.69, 9.17) is 23.7 Å². The maximum Gasteiger partial charge on any atom is 0.217 e. The van der Waals surface area contributed by atoms with Gasteiger partial charge < -0.3 is 80.1 Å². The minimum absolute atomic E-state index is 0.694. The summed E-state index contributed by atoms with van der Waals surface area (Å²) in [4.78, 5) is 12.0. The van der Waals surface area contributed by atoms with Crippen molar-refractivity contribution in [1.82, 2.24) is 5.32 Å². The molecule has 11 N–H and O–H groups in total. The molecule has 0 aromatic rings. The van der Waals surface area contributed by atoms with Crippen LogP contribution in [-0.2, 0) is 28.5 Å². The van der Waals surface area contributed by atoms with E-state index in [2.05, 4.69) is 5.32 Å². The second kappa shape index (κ2) is 12.8. The van der Waals surface area contributed by atoms with Crippen molar-refractivity contribution in [2.24, 2.45) is 0 Å². The monoisotopic (exact) mass is 545 g/mol. The van der Waals surface area contributed by atoms with E-state index in [1.54, 1.807) is 0 Å². The summed E-state index contributed by atoms with van der Waals surface area (Å²) in [7, 11) is 0. The molecule has 3 fully saturated rings. The molecule has 3 aliphatic rings. The lowest BCUT2D eigenvalue weighted by Gasteiger charge is -2.49. The van der Waals surface area contributed by atoms with E-state index >= 15 is 0 Å². The van der Waals surface area contributed by atoms with Crippen molar-refractivity contribution in [3.05, 3.63) is 0 Å². The van der Waals surface area contributed by atoms with E-state index in [1.807, 2.05) is 0 Å². The van der Waals surface area contributed by atoms with Gasteiger partial charge in [0, 0.05) is 6.92 Å². The Bertz CT molecular complexity index is 745. The van der Waals surface area contributed by atoms with Gasteiger partial charge in [-0.1, -0.05) is 0 Å². The van der Waals surface area contributed by atoms with E-state index in [1.165, 1.54) is 0 Å². The van der Waals surface area contributed by atoms with Crippen molar-refractivity contribution in [3.8, 4) is 0 Å². The fraction of sp³-hybridized carbons (Fsp3) is 0.950. The molecule has 3 aliphatic heterocycles. The van der Waals surface area contributed by atoms with Crippen molar-refractivity contribution in [2.75, 3.05) is 19.8 Å². The standard InChI is InChI=1S/C20H35NO16/c1-5(25)21-9-16(36-20-14(30)13(29)10(26)6(2-22)35-20)11(27)8(4-24)34-19(9)37-17-12(28)7(3-23)33-18(32)15(17)31/h6-20,22-24,26-32H,2-4H2,1H3,(H,21,25)/t6-,7-,8-,9?,10+,11-,12+,13+,14-,15-,16+,17?,18+,19-,20?/m1/s1. The summed E-state index contributed by atoms with van der Waals surface area (Å²) in [5, 5.41) is 103. The fourth-order valence-corrected chi connectivity index (χ4v) is 4.45. The Kier molecular flexibility index (Phi) is 10.5. The maximum absolute atomic E-state index is 12.0. The molecule has 3 unspecified atom stereocenters. The molecule has 1 amide bonds. The van der Waals surface area contributed by atoms with E-state index in [9.17, 15) is 55.9 Å². The van der Waals surface area contributed by atoms with Gasteiger partial charge in [0.15, 0.2) is 18.9 Å². The molecule has 0 saturated carbocycles. The molecule has 0 bridgehead atoms. The van der Waals surface area contributed by atoms with Gasteiger partial charge in [-0.25, -0.2) is 0 Å². The van der Waals surface area contributed by atoms with Gasteiger partial charge in [-0.05, 0) is 0 Å². The summed E-state index contributed by atoms with van der Waals surface area (Å²) in [6.07, 6.45) is -23.4. The van der Waals surface area contributed by atoms with Gasteiger partial charge in [0.2, 0.25) is 5.91 Å². The predicted octanol–water partition coefficient (Wildman–Crippen LogP) is -7.43. The van der Waals surface area contributed by atoms with Crippen LogP contribution in [0, 0.1) is 0 Å². The average molecular weight is 545 g/mol. The number of rotatable bonds is 8. The molecule has 17 nitrogen and oxygen atoms in total. The number of hydrogen-bond acceptors (Lipinski definition) is 16. The van der Waals surface area contributed by atoms with Gasteiger partial charge in [0.05, 0.1) is 19.8 Å². The summed E-state index contributed by atoms with van der Waals surface area (Å²) in [5.41, 5.74) is 0. The highest BCUT2D eigenvalue weighted by Gasteiger charge is 2.54. The van der Waals surface area contributed by atoms with Gasteiger partial charge in [-0.15, -0.1) is 0 Å². The molecule has 216 valence electrons. The summed E-state index contributed by atoms with van der Waals surface area (Å²) in [6, 6.07) is -1.48. The van der Waals surface area contributed by atoms with Crippen LogP contribution < -0.4 is 5.32 Å². The summed E-state index contributed by atoms with van der Waals surface area (Å²) in [6.45, 7) is -1.25. The number of aliphatic hydroxyl groups excluding tert-OH is 10. The molecule has 3 heterocycles. The molecule has 15 atom stereocenters. The van der Waals surface area contributed by atoms with Gasteiger partial charge in [-0.2, -0.15) is 0 Å². The Labute approximate surface area is 210 Å². The number of aliphatic hydroxyl groups is 10. The second-order valence-electron chi connectivity index (χ2n) is 9.07. The Morgan fingerprint density at radius 2 is 1.14 bits per heavy atom. The van der Waals surface area contributed by atoms with Crippen molar-refractivity contribution < 1.29 is 79.5 Å². The third kappa shape index (κ3) is 6.38. The molecule has 3 rings (SSSR count). The van der Waals surface area contributed by atoms with Crippen LogP contribution in [-0.4, -0.2) is 169 Å². The molecular formula is C20H35NO16. The third-order valence-corrected chi connectivity index (χ3v) is 6.49. The van der Waals surface area contributed by atoms with E-state index < -0.39 is 118 Å². The van der Waals surface area contributed by atoms with Crippen LogP contribution in [0.1, 0.15) is 6.92 Å². The third-order valence-electron chi connectivity index (χ3n) is 6.49. The molecule has 0 spiro atoms. The number of ether oxygens (including phenoxy) is 5. The minimum Gasteiger partial charge on any atom is -0.394 e. The van der Waals surface area contributed by atoms with Crippen LogP contribution in [0.2, 0.25) is 0 Å². The zero-order chi connectivity index (χ0) is 27.6. The lowest BCUT2D eigenvalue weighted by molar-refractivity contribution is -0.363. The number of hydrogen-bond donors (Lipinski definition) is 11. The van der Waals surface area contributed by atoms with Gasteiger partial charge in [0.25, 0.3) is 0 Å². The number of carbonyl (C=O) groups is 1. The normalized spacial score (nSPS) is 49.0. The lowest BCUT2D eigenvalue weighted by atomic mass is 9.94. The van der Waals surface area contributed by atoms with Crippen LogP contribution in [0.4, 0.5) is 0 Å². The molecule has 17 heteroatoms. The molecule has 0 aromatic heterocycles. The first-order valence-corrected chi connectivity index (χ1v) is 11.6. The van der Waals surface area contributed by atoms with Gasteiger partial charge >= 0.3 is 0 Å². The first kappa shape index (κ1) is 30.4. The van der Waals surface area contributed by atoms with E-state index in [0.29, 0.717) is 0 Å². The Morgan fingerprint density at radius 3 is 1.70 bits per heavy atom. The topological polar surface area (TPSA) is 278 Å². The minimum atomic E-state index is -1.88. The maximum atomic E-state index is 12.0. The number of amides is 1. The molecule has 0 radical (unpaired) electrons. The molecule has 3 saturated heterocycles. The molecule has 37 heavy (non-hydrogen) atoms. The fourth-order valence-electron chi connectivity index (χ4n) is 4.45. The average Bonchev–Trinajstić information content (AvgIpc) is 2.86. The lowest BCUT2D eigenvalue weighted by Crippen LogP contribution is -2.69. The zero-order valence-electron chi connectivity index (χ0n) is 19.7. The summed E-state index contributed by atoms with van der Waals surface area (Å²) < 4.78 is 27.1. The zero-order valence-corrected chi connectivity index (χ0v) is 19.7. The highest BCUT2D eigenvalue weighted by molar-refractivity contribution is 5.73. The summed E-state index contributed by atoms with van der Waals surface area (Å²) >= 11 is 0. The van der Waals surface area contributed by atoms with Crippen LogP contribution in [0.25, 0.3) is 0 Å². The Balaban J connectivity index is 1.90. The first-order valence-electron chi connectivity index (χ1n) is 11.6. The van der Waals surface area contributed by atoms with Crippen molar-refractivity contribution >= 4 is 5.91 Å². The van der Waals surface area contributed by atoms with Crippen molar-refractivity contribution in [3.63, 3.8) is 0 Å². The smallest absolute Gasteiger partial charge is 0.217 e.